The van der Waals surface area contributed by atoms with E-state index < -0.39 is 0 Å². The van der Waals surface area contributed by atoms with Gasteiger partial charge in [-0.25, -0.2) is 0 Å². The van der Waals surface area contributed by atoms with Crippen LogP contribution < -0.4 is 15.8 Å². The van der Waals surface area contributed by atoms with Crippen molar-refractivity contribution in [1.29, 1.82) is 0 Å². The lowest BCUT2D eigenvalue weighted by molar-refractivity contribution is -0.119. The number of nitrogens with two attached hydrogens (primary N) is 1. The first-order valence-corrected chi connectivity index (χ1v) is 4.91. The highest BCUT2D eigenvalue weighted by Crippen LogP contribution is 2.29. The molecule has 15 heavy (non-hydrogen) atoms. The lowest BCUT2D eigenvalue weighted by Crippen LogP contribution is -2.13. The zero-order valence-electron chi connectivity index (χ0n) is 8.62. The van der Waals surface area contributed by atoms with Crippen molar-refractivity contribution in [2.45, 2.75) is 12.3 Å². The van der Waals surface area contributed by atoms with E-state index in [0.717, 1.165) is 5.56 Å². The molecule has 1 aromatic rings. The molecule has 1 heterocycles. The van der Waals surface area contributed by atoms with Crippen molar-refractivity contribution >= 4 is 11.6 Å². The largest absolute Gasteiger partial charge is 0.495 e. The standard InChI is InChI=1S/C11H14N2O2/c1-15-10-4-7(2-3-9(10)12)8-5-11(14)13-6-8/h2-4,8H,5-6,12H2,1H3,(H,13,14). The number of carbonyl (C=O) groups excluding carboxylic acids is 1. The van der Waals surface area contributed by atoms with Gasteiger partial charge in [-0.05, 0) is 17.7 Å². The molecule has 0 aromatic heterocycles. The van der Waals surface area contributed by atoms with Crippen LogP contribution in [-0.4, -0.2) is 19.6 Å². The van der Waals surface area contributed by atoms with Crippen LogP contribution in [0.25, 0.3) is 0 Å². The molecule has 0 radical (unpaired) electrons. The molecule has 0 bridgehead atoms. The minimum absolute atomic E-state index is 0.107. The van der Waals surface area contributed by atoms with Gasteiger partial charge in [0.1, 0.15) is 5.75 Å². The molecule has 1 aliphatic heterocycles. The number of nitrogens with one attached hydrogen (secondary N) is 1. The average Bonchev–Trinajstić information content (AvgIpc) is 2.66. The summed E-state index contributed by atoms with van der Waals surface area (Å²) in [5.74, 6) is 1.02. The fourth-order valence-electron chi connectivity index (χ4n) is 1.82. The minimum Gasteiger partial charge on any atom is -0.495 e. The number of hydrogen-bond acceptors (Lipinski definition) is 3. The zero-order chi connectivity index (χ0) is 10.8. The summed E-state index contributed by atoms with van der Waals surface area (Å²) in [4.78, 5) is 11.1. The first-order chi connectivity index (χ1) is 7.20. The number of carbonyl (C=O) groups is 1. The number of ether oxygens (including phenoxy) is 1. The molecular formula is C11H14N2O2. The van der Waals surface area contributed by atoms with Crippen molar-refractivity contribution in [2.75, 3.05) is 19.4 Å². The predicted octanol–water partition coefficient (Wildman–Crippen LogP) is 0.881. The summed E-state index contributed by atoms with van der Waals surface area (Å²) in [6.45, 7) is 0.700. The molecule has 1 fully saturated rings. The van der Waals surface area contributed by atoms with Gasteiger partial charge in [0.15, 0.2) is 0 Å². The Hall–Kier alpha value is -1.71. The molecule has 0 aliphatic carbocycles. The van der Waals surface area contributed by atoms with Gasteiger partial charge in [-0.3, -0.25) is 4.79 Å². The van der Waals surface area contributed by atoms with Crippen molar-refractivity contribution < 1.29 is 9.53 Å². The van der Waals surface area contributed by atoms with Gasteiger partial charge in [0.25, 0.3) is 0 Å². The maximum Gasteiger partial charge on any atom is 0.220 e. The van der Waals surface area contributed by atoms with Gasteiger partial charge in [0.2, 0.25) is 5.91 Å². The number of anilines is 1. The van der Waals surface area contributed by atoms with Crippen LogP contribution in [0.15, 0.2) is 18.2 Å². The molecule has 0 saturated carbocycles. The number of hydrogen-bond donors (Lipinski definition) is 2. The Morgan fingerprint density at radius 3 is 2.93 bits per heavy atom. The molecule has 1 aromatic carbocycles. The summed E-state index contributed by atoms with van der Waals surface area (Å²) >= 11 is 0. The lowest BCUT2D eigenvalue weighted by Gasteiger charge is -2.11. The van der Waals surface area contributed by atoms with Crippen molar-refractivity contribution in [1.82, 2.24) is 5.32 Å². The third-order valence-corrected chi connectivity index (χ3v) is 2.71. The maximum atomic E-state index is 11.1. The number of amides is 1. The van der Waals surface area contributed by atoms with E-state index in [1.807, 2.05) is 18.2 Å². The quantitative estimate of drug-likeness (QED) is 0.706. The van der Waals surface area contributed by atoms with Crippen LogP contribution >= 0.6 is 0 Å². The summed E-state index contributed by atoms with van der Waals surface area (Å²) in [7, 11) is 1.59. The van der Waals surface area contributed by atoms with E-state index in [2.05, 4.69) is 5.32 Å². The SMILES string of the molecule is COc1cc(C2CNC(=O)C2)ccc1N. The number of rotatable bonds is 2. The van der Waals surface area contributed by atoms with Crippen molar-refractivity contribution in [2.24, 2.45) is 0 Å². The normalized spacial score (nSPS) is 20.1. The number of nitrogen functional groups attached to an aromatic ring is 1. The molecule has 1 saturated heterocycles. The fraction of sp³-hybridized carbons (Fsp3) is 0.364. The summed E-state index contributed by atoms with van der Waals surface area (Å²) in [6, 6.07) is 5.67. The predicted molar refractivity (Wildman–Crippen MR) is 57.8 cm³/mol. The van der Waals surface area contributed by atoms with Crippen LogP contribution in [0, 0.1) is 0 Å². The van der Waals surface area contributed by atoms with E-state index >= 15 is 0 Å². The first-order valence-electron chi connectivity index (χ1n) is 4.91. The Morgan fingerprint density at radius 2 is 2.33 bits per heavy atom. The second kappa shape index (κ2) is 3.81. The molecule has 1 amide bonds. The van der Waals surface area contributed by atoms with E-state index in [1.54, 1.807) is 7.11 Å². The highest BCUT2D eigenvalue weighted by Gasteiger charge is 2.23. The molecule has 1 atom stereocenters. The highest BCUT2D eigenvalue weighted by molar-refractivity contribution is 5.79. The smallest absolute Gasteiger partial charge is 0.220 e. The van der Waals surface area contributed by atoms with Crippen molar-refractivity contribution in [3.05, 3.63) is 23.8 Å². The summed E-state index contributed by atoms with van der Waals surface area (Å²) in [6.07, 6.45) is 0.549. The van der Waals surface area contributed by atoms with Crippen LogP contribution in [-0.2, 0) is 4.79 Å². The third-order valence-electron chi connectivity index (χ3n) is 2.71. The lowest BCUT2D eigenvalue weighted by atomic mass is 9.98. The molecule has 3 N–H and O–H groups in total. The van der Waals surface area contributed by atoms with Crippen LogP contribution in [0.1, 0.15) is 17.9 Å². The second-order valence-corrected chi connectivity index (χ2v) is 3.71. The highest BCUT2D eigenvalue weighted by atomic mass is 16.5. The van der Waals surface area contributed by atoms with E-state index in [4.69, 9.17) is 10.5 Å². The Balaban J connectivity index is 2.25. The molecule has 1 unspecified atom stereocenters. The van der Waals surface area contributed by atoms with E-state index in [-0.39, 0.29) is 11.8 Å². The fourth-order valence-corrected chi connectivity index (χ4v) is 1.82. The van der Waals surface area contributed by atoms with Gasteiger partial charge in [0, 0.05) is 18.9 Å². The van der Waals surface area contributed by atoms with Crippen LogP contribution in [0.4, 0.5) is 5.69 Å². The zero-order valence-corrected chi connectivity index (χ0v) is 8.62. The van der Waals surface area contributed by atoms with Gasteiger partial charge < -0.3 is 15.8 Å². The Kier molecular flexibility index (Phi) is 2.49. The summed E-state index contributed by atoms with van der Waals surface area (Å²) in [5.41, 5.74) is 7.44. The van der Waals surface area contributed by atoms with Gasteiger partial charge in [-0.2, -0.15) is 0 Å². The minimum atomic E-state index is 0.107. The molecule has 80 valence electrons. The van der Waals surface area contributed by atoms with Gasteiger partial charge >= 0.3 is 0 Å². The second-order valence-electron chi connectivity index (χ2n) is 3.71. The topological polar surface area (TPSA) is 64.3 Å². The van der Waals surface area contributed by atoms with Crippen LogP contribution in [0.5, 0.6) is 5.75 Å². The molecule has 2 rings (SSSR count). The average molecular weight is 206 g/mol. The van der Waals surface area contributed by atoms with Crippen LogP contribution in [0.3, 0.4) is 0 Å². The maximum absolute atomic E-state index is 11.1. The third kappa shape index (κ3) is 1.88. The Bertz CT molecular complexity index is 390. The van der Waals surface area contributed by atoms with Crippen LogP contribution in [0.2, 0.25) is 0 Å². The molecule has 4 nitrogen and oxygen atoms in total. The Labute approximate surface area is 88.4 Å². The van der Waals surface area contributed by atoms with E-state index in [1.165, 1.54) is 0 Å². The van der Waals surface area contributed by atoms with E-state index in [0.29, 0.717) is 24.4 Å². The van der Waals surface area contributed by atoms with E-state index in [9.17, 15) is 4.79 Å². The van der Waals surface area contributed by atoms with Crippen molar-refractivity contribution in [3.8, 4) is 5.75 Å². The first kappa shape index (κ1) is 9.83. The van der Waals surface area contributed by atoms with Crippen molar-refractivity contribution in [3.63, 3.8) is 0 Å². The molecule has 1 aliphatic rings. The summed E-state index contributed by atoms with van der Waals surface area (Å²) < 4.78 is 5.14. The molecule has 0 spiro atoms. The Morgan fingerprint density at radius 1 is 1.53 bits per heavy atom. The summed E-state index contributed by atoms with van der Waals surface area (Å²) in [5, 5.41) is 2.81. The number of benzene rings is 1. The van der Waals surface area contributed by atoms with Gasteiger partial charge in [0.05, 0.1) is 12.8 Å². The molecular weight excluding hydrogens is 192 g/mol. The van der Waals surface area contributed by atoms with Gasteiger partial charge in [-0.1, -0.05) is 6.07 Å². The molecule has 4 heteroatoms. The number of methoxy groups -OCH3 is 1. The monoisotopic (exact) mass is 206 g/mol. The van der Waals surface area contributed by atoms with Gasteiger partial charge in [-0.15, -0.1) is 0 Å².